The molecule has 0 bridgehead atoms. The summed E-state index contributed by atoms with van der Waals surface area (Å²) in [4.78, 5) is 42.4. The van der Waals surface area contributed by atoms with Crippen molar-refractivity contribution in [2.45, 2.75) is 58.0 Å². The van der Waals surface area contributed by atoms with E-state index in [1.54, 1.807) is 11.8 Å². The lowest BCUT2D eigenvalue weighted by molar-refractivity contribution is -0.148. The number of carbonyl (C=O) groups excluding carboxylic acids is 3. The quantitative estimate of drug-likeness (QED) is 0.298. The first-order valence-electron chi connectivity index (χ1n) is 13.7. The number of halogens is 3. The number of rotatable bonds is 7. The summed E-state index contributed by atoms with van der Waals surface area (Å²) in [6, 6.07) is -0.341. The summed E-state index contributed by atoms with van der Waals surface area (Å²) in [5.74, 6) is -8.84. The number of aliphatic hydroxyl groups excluding tert-OH is 2. The van der Waals surface area contributed by atoms with Crippen LogP contribution in [0.5, 0.6) is 5.75 Å². The van der Waals surface area contributed by atoms with Crippen LogP contribution < -0.4 is 5.73 Å². The predicted molar refractivity (Wildman–Crippen MR) is 144 cm³/mol. The second-order valence-electron chi connectivity index (χ2n) is 12.0. The first-order chi connectivity index (χ1) is 19.4. The zero-order valence-corrected chi connectivity index (χ0v) is 24.0. The number of alkyl halides is 3. The third-order valence-corrected chi connectivity index (χ3v) is 8.55. The fourth-order valence-corrected chi connectivity index (χ4v) is 6.93. The number of hydrogen-bond acceptors (Lipinski definition) is 9. The van der Waals surface area contributed by atoms with Crippen LogP contribution in [0.25, 0.3) is 0 Å². The first kappa shape index (κ1) is 31.5. The van der Waals surface area contributed by atoms with Gasteiger partial charge in [0, 0.05) is 24.6 Å². The van der Waals surface area contributed by atoms with Crippen molar-refractivity contribution >= 4 is 17.5 Å². The van der Waals surface area contributed by atoms with Crippen molar-refractivity contribution in [1.82, 2.24) is 9.80 Å². The van der Waals surface area contributed by atoms with Gasteiger partial charge in [0.1, 0.15) is 22.8 Å². The fourth-order valence-electron chi connectivity index (χ4n) is 6.93. The molecule has 4 rings (SSSR count). The molecule has 0 saturated carbocycles. The molecule has 1 amide bonds. The van der Waals surface area contributed by atoms with Gasteiger partial charge in [0.2, 0.25) is 5.78 Å². The average Bonchev–Trinajstić information content (AvgIpc) is 2.84. The Morgan fingerprint density at radius 1 is 1.19 bits per heavy atom. The average molecular weight is 596 g/mol. The normalized spacial score (nSPS) is 26.2. The lowest BCUT2D eigenvalue weighted by atomic mass is 9.58. The Morgan fingerprint density at radius 3 is 2.31 bits per heavy atom. The summed E-state index contributed by atoms with van der Waals surface area (Å²) in [5, 5.41) is 44.7. The number of likely N-dealkylation sites (N-methyl/N-ethyl adjacent to an activating group) is 1. The van der Waals surface area contributed by atoms with Crippen molar-refractivity contribution in [3.8, 4) is 5.75 Å². The molecule has 0 aliphatic heterocycles. The third-order valence-electron chi connectivity index (χ3n) is 8.55. The van der Waals surface area contributed by atoms with E-state index in [2.05, 4.69) is 0 Å². The van der Waals surface area contributed by atoms with E-state index < -0.39 is 98.7 Å². The van der Waals surface area contributed by atoms with Crippen molar-refractivity contribution in [2.24, 2.45) is 23.5 Å². The van der Waals surface area contributed by atoms with E-state index in [9.17, 15) is 48.0 Å². The highest BCUT2D eigenvalue weighted by molar-refractivity contribution is 6.24. The van der Waals surface area contributed by atoms with Crippen molar-refractivity contribution in [1.29, 1.82) is 0 Å². The Morgan fingerprint density at radius 2 is 1.81 bits per heavy atom. The third kappa shape index (κ3) is 4.77. The Labute approximate surface area is 240 Å². The number of hydrogen-bond donors (Lipinski definition) is 5. The molecule has 230 valence electrons. The largest absolute Gasteiger partial charge is 0.510 e. The predicted octanol–water partition coefficient (Wildman–Crippen LogP) is 2.62. The highest BCUT2D eigenvalue weighted by Crippen LogP contribution is 2.54. The number of benzene rings is 1. The summed E-state index contributed by atoms with van der Waals surface area (Å²) in [6.45, 7) is 6.47. The monoisotopic (exact) mass is 595 g/mol. The van der Waals surface area contributed by atoms with E-state index in [0.717, 1.165) is 6.07 Å². The number of Topliss-reactive ketones (excluding diaryl/α,β-unsaturated/α-hetero) is 2. The molecule has 13 heteroatoms. The standard InChI is InChI=1S/C29H36F3N3O7/c1-6-35(10-12(2)3)11-14-9-17(36)19-15(21(14)29(30,31)32)7-13-8-16-22(34(4)5)24(38)20(27(33)41)26(40)28(16,42)25(39)18(13)23(19)37/h9,12-13,16,22,36,38-39,42H,6-8,10-11H2,1-5H3,(H2,33,41)/t13-,16-,22-,28-/m0/s1. The van der Waals surface area contributed by atoms with Gasteiger partial charge in [-0.2, -0.15) is 13.2 Å². The van der Waals surface area contributed by atoms with E-state index in [-0.39, 0.29) is 24.4 Å². The number of fused-ring (bicyclic) bond motifs is 3. The number of aliphatic hydroxyl groups is 3. The van der Waals surface area contributed by atoms with Gasteiger partial charge in [0.05, 0.1) is 17.2 Å². The molecule has 6 N–H and O–H groups in total. The molecule has 42 heavy (non-hydrogen) atoms. The Balaban J connectivity index is 1.94. The zero-order chi connectivity index (χ0) is 31.6. The number of primary amides is 1. The molecule has 10 nitrogen and oxygen atoms in total. The van der Waals surface area contributed by atoms with Gasteiger partial charge in [0.25, 0.3) is 5.91 Å². The molecule has 3 aliphatic carbocycles. The number of aromatic hydroxyl groups is 1. The van der Waals surface area contributed by atoms with Crippen LogP contribution >= 0.6 is 0 Å². The molecule has 0 aromatic heterocycles. The van der Waals surface area contributed by atoms with Crippen LogP contribution in [0.15, 0.2) is 28.7 Å². The maximum absolute atomic E-state index is 14.7. The Hall–Kier alpha value is -3.42. The summed E-state index contributed by atoms with van der Waals surface area (Å²) in [6.07, 6.45) is -5.64. The van der Waals surface area contributed by atoms with Crippen molar-refractivity contribution in [3.05, 3.63) is 51.0 Å². The molecular weight excluding hydrogens is 559 g/mol. The van der Waals surface area contributed by atoms with Crippen molar-refractivity contribution in [3.63, 3.8) is 0 Å². The minimum Gasteiger partial charge on any atom is -0.510 e. The maximum atomic E-state index is 14.7. The Kier molecular flexibility index (Phi) is 8.02. The van der Waals surface area contributed by atoms with Crippen LogP contribution in [-0.2, 0) is 28.7 Å². The molecule has 0 radical (unpaired) electrons. The number of allylic oxidation sites excluding steroid dienone is 1. The van der Waals surface area contributed by atoms with Crippen molar-refractivity contribution in [2.75, 3.05) is 27.2 Å². The smallest absolute Gasteiger partial charge is 0.417 e. The molecule has 4 atom stereocenters. The topological polar surface area (TPSA) is 165 Å². The van der Waals surface area contributed by atoms with Gasteiger partial charge < -0.3 is 26.2 Å². The van der Waals surface area contributed by atoms with Gasteiger partial charge in [-0.15, -0.1) is 0 Å². The van der Waals surface area contributed by atoms with Crippen LogP contribution in [0, 0.1) is 17.8 Å². The lowest BCUT2D eigenvalue weighted by Crippen LogP contribution is -2.63. The van der Waals surface area contributed by atoms with Gasteiger partial charge in [-0.1, -0.05) is 20.8 Å². The number of phenols is 1. The molecular formula is C29H36F3N3O7. The summed E-state index contributed by atoms with van der Waals surface area (Å²) >= 11 is 0. The van der Waals surface area contributed by atoms with Gasteiger partial charge >= 0.3 is 6.18 Å². The number of carbonyl (C=O) groups is 3. The van der Waals surface area contributed by atoms with E-state index in [1.165, 1.54) is 19.0 Å². The van der Waals surface area contributed by atoms with Crippen LogP contribution in [0.3, 0.4) is 0 Å². The summed E-state index contributed by atoms with van der Waals surface area (Å²) < 4.78 is 44.1. The number of nitrogens with zero attached hydrogens (tertiary/aromatic N) is 2. The van der Waals surface area contributed by atoms with E-state index >= 15 is 0 Å². The number of phenolic OH excluding ortho intramolecular Hbond substituents is 1. The summed E-state index contributed by atoms with van der Waals surface area (Å²) in [7, 11) is 2.94. The fraction of sp³-hybridized carbons (Fsp3) is 0.552. The molecule has 0 unspecified atom stereocenters. The van der Waals surface area contributed by atoms with Gasteiger partial charge in [0.15, 0.2) is 11.4 Å². The number of ketones is 2. The van der Waals surface area contributed by atoms with Crippen LogP contribution in [0.2, 0.25) is 0 Å². The minimum absolute atomic E-state index is 0.134. The molecule has 0 spiro atoms. The highest BCUT2D eigenvalue weighted by Gasteiger charge is 2.63. The summed E-state index contributed by atoms with van der Waals surface area (Å²) in [5.41, 5.74) is -1.39. The highest BCUT2D eigenvalue weighted by atomic mass is 19.4. The lowest BCUT2D eigenvalue weighted by Gasteiger charge is -2.50. The molecule has 1 aromatic carbocycles. The van der Waals surface area contributed by atoms with E-state index in [4.69, 9.17) is 5.73 Å². The van der Waals surface area contributed by atoms with Crippen molar-refractivity contribution < 1.29 is 48.0 Å². The molecule has 3 aliphatic rings. The van der Waals surface area contributed by atoms with Crippen LogP contribution in [0.4, 0.5) is 13.2 Å². The van der Waals surface area contributed by atoms with Crippen LogP contribution in [0.1, 0.15) is 54.2 Å². The van der Waals surface area contributed by atoms with E-state index in [0.29, 0.717) is 13.1 Å². The molecule has 0 saturated heterocycles. The zero-order valence-electron chi connectivity index (χ0n) is 24.0. The molecule has 0 fully saturated rings. The maximum Gasteiger partial charge on any atom is 0.417 e. The Bertz CT molecular complexity index is 1420. The number of nitrogens with two attached hydrogens (primary N) is 1. The first-order valence-corrected chi connectivity index (χ1v) is 13.7. The second kappa shape index (κ2) is 10.7. The van der Waals surface area contributed by atoms with Crippen LogP contribution in [-0.4, -0.2) is 86.5 Å². The number of amides is 1. The van der Waals surface area contributed by atoms with Gasteiger partial charge in [-0.05, 0) is 62.5 Å². The van der Waals surface area contributed by atoms with Gasteiger partial charge in [-0.3, -0.25) is 24.2 Å². The SMILES string of the molecule is CCN(Cc1cc(O)c2c(c1C(F)(F)F)C[C@H]1C[C@H]3[C@H](N(C)C)C(O)=C(C(N)=O)C(=O)[C@@]3(O)C(O)=C1C2=O)CC(C)C. The minimum atomic E-state index is -4.90. The van der Waals surface area contributed by atoms with Gasteiger partial charge in [-0.25, -0.2) is 0 Å². The molecule has 1 aromatic rings. The molecule has 0 heterocycles. The second-order valence-corrected chi connectivity index (χ2v) is 12.0. The van der Waals surface area contributed by atoms with E-state index in [1.807, 2.05) is 13.8 Å².